The molecule has 3 rings (SSSR count). The van der Waals surface area contributed by atoms with Gasteiger partial charge in [0.05, 0.1) is 21.9 Å². The number of anilines is 1. The third-order valence-electron chi connectivity index (χ3n) is 4.43. The van der Waals surface area contributed by atoms with Crippen molar-refractivity contribution in [1.82, 2.24) is 9.29 Å². The Labute approximate surface area is 169 Å². The summed E-state index contributed by atoms with van der Waals surface area (Å²) in [6.07, 6.45) is -3.15. The predicted octanol–water partition coefficient (Wildman–Crippen LogP) is 3.59. The molecule has 1 aliphatic rings. The number of carbonyl (C=O) groups is 1. The van der Waals surface area contributed by atoms with Crippen molar-refractivity contribution < 1.29 is 31.1 Å². The molecule has 1 atom stereocenters. The second-order valence-corrected chi connectivity index (χ2v) is 9.82. The Kier molecular flexibility index (Phi) is 6.34. The van der Waals surface area contributed by atoms with Crippen molar-refractivity contribution in [2.75, 3.05) is 24.2 Å². The molecule has 1 N–H and O–H groups in total. The van der Waals surface area contributed by atoms with E-state index in [9.17, 15) is 26.4 Å². The number of hydrogen-bond donors (Lipinski definition) is 1. The highest BCUT2D eigenvalue weighted by Gasteiger charge is 2.33. The van der Waals surface area contributed by atoms with E-state index >= 15 is 0 Å². The van der Waals surface area contributed by atoms with Gasteiger partial charge in [-0.1, -0.05) is 18.3 Å². The number of halogens is 3. The summed E-state index contributed by atoms with van der Waals surface area (Å²) < 4.78 is 67.2. The molecule has 1 unspecified atom stereocenters. The van der Waals surface area contributed by atoms with Crippen LogP contribution in [-0.2, 0) is 14.8 Å². The Balaban J connectivity index is 1.69. The molecule has 29 heavy (non-hydrogen) atoms. The number of benzene rings is 1. The van der Waals surface area contributed by atoms with Crippen molar-refractivity contribution in [1.29, 1.82) is 0 Å². The van der Waals surface area contributed by atoms with Crippen LogP contribution in [0.25, 0.3) is 10.2 Å². The maximum atomic E-state index is 12.6. The monoisotopic (exact) mass is 451 g/mol. The van der Waals surface area contributed by atoms with Crippen molar-refractivity contribution in [2.24, 2.45) is 5.92 Å². The molecule has 1 aliphatic heterocycles. The van der Waals surface area contributed by atoms with Crippen LogP contribution in [0.2, 0.25) is 0 Å². The lowest BCUT2D eigenvalue weighted by molar-refractivity contribution is -0.274. The first kappa shape index (κ1) is 21.8. The van der Waals surface area contributed by atoms with Crippen molar-refractivity contribution in [3.8, 4) is 5.75 Å². The Hall–Kier alpha value is -1.92. The minimum atomic E-state index is -4.79. The molecule has 0 spiro atoms. The van der Waals surface area contributed by atoms with Crippen molar-refractivity contribution in [2.45, 2.75) is 32.5 Å². The fraction of sp³-hybridized carbons (Fsp3) is 0.529. The van der Waals surface area contributed by atoms with E-state index < -0.39 is 22.3 Å². The summed E-state index contributed by atoms with van der Waals surface area (Å²) in [4.78, 5) is 16.8. The van der Waals surface area contributed by atoms with Gasteiger partial charge in [0.2, 0.25) is 15.9 Å². The molecule has 7 nitrogen and oxygen atoms in total. The molecule has 1 aromatic carbocycles. The van der Waals surface area contributed by atoms with Gasteiger partial charge in [-0.15, -0.1) is 13.2 Å². The van der Waals surface area contributed by atoms with Crippen LogP contribution in [0, 0.1) is 5.92 Å². The fourth-order valence-electron chi connectivity index (χ4n) is 3.16. The normalized spacial score (nSPS) is 18.7. The predicted molar refractivity (Wildman–Crippen MR) is 103 cm³/mol. The van der Waals surface area contributed by atoms with E-state index in [0.717, 1.165) is 17.4 Å². The van der Waals surface area contributed by atoms with Gasteiger partial charge < -0.3 is 10.1 Å². The van der Waals surface area contributed by atoms with Crippen molar-refractivity contribution in [3.63, 3.8) is 0 Å². The highest BCUT2D eigenvalue weighted by molar-refractivity contribution is 7.89. The minimum absolute atomic E-state index is 0.0432. The smallest absolute Gasteiger partial charge is 0.406 e. The van der Waals surface area contributed by atoms with E-state index in [-0.39, 0.29) is 29.1 Å². The van der Waals surface area contributed by atoms with Gasteiger partial charge in [-0.05, 0) is 31.4 Å². The second-order valence-electron chi connectivity index (χ2n) is 6.70. The first-order valence-corrected chi connectivity index (χ1v) is 11.4. The zero-order valence-electron chi connectivity index (χ0n) is 15.5. The maximum Gasteiger partial charge on any atom is 0.573 e. The number of nitrogens with zero attached hydrogens (tertiary/aromatic N) is 2. The number of hydrogen-bond acceptors (Lipinski definition) is 6. The van der Waals surface area contributed by atoms with E-state index in [4.69, 9.17) is 0 Å². The fourth-order valence-corrected chi connectivity index (χ4v) is 5.64. The Bertz CT molecular complexity index is 991. The molecule has 2 aromatic rings. The third kappa shape index (κ3) is 5.58. The average molecular weight is 451 g/mol. The van der Waals surface area contributed by atoms with Crippen LogP contribution in [0.5, 0.6) is 5.75 Å². The molecule has 2 heterocycles. The first-order chi connectivity index (χ1) is 13.6. The van der Waals surface area contributed by atoms with Crippen LogP contribution < -0.4 is 10.1 Å². The first-order valence-electron chi connectivity index (χ1n) is 9.02. The van der Waals surface area contributed by atoms with Gasteiger partial charge in [-0.2, -0.15) is 0 Å². The Morgan fingerprint density at radius 2 is 2.17 bits per heavy atom. The van der Waals surface area contributed by atoms with Crippen LogP contribution in [0.3, 0.4) is 0 Å². The summed E-state index contributed by atoms with van der Waals surface area (Å²) in [5.74, 6) is -1.18. The Morgan fingerprint density at radius 3 is 2.86 bits per heavy atom. The molecule has 1 saturated heterocycles. The number of carbonyl (C=O) groups excluding carboxylic acids is 1. The molecule has 1 amide bonds. The number of sulfonamides is 1. The topological polar surface area (TPSA) is 88.6 Å². The second kappa shape index (κ2) is 8.44. The number of fused-ring (bicyclic) bond motifs is 1. The standard InChI is InChI=1S/C17H20F3N3O4S2/c1-2-8-29(25,26)23-7-3-4-11(10-23)15(24)22-16-21-13-6-5-12(9-14(13)28-16)27-17(18,19)20/h5-6,9,11H,2-4,7-8,10H2,1H3,(H,21,22,24). The van der Waals surface area contributed by atoms with Gasteiger partial charge in [0.25, 0.3) is 0 Å². The van der Waals surface area contributed by atoms with Gasteiger partial charge in [0.15, 0.2) is 5.13 Å². The zero-order valence-corrected chi connectivity index (χ0v) is 17.2. The van der Waals surface area contributed by atoms with Gasteiger partial charge in [0.1, 0.15) is 5.75 Å². The molecule has 0 aliphatic carbocycles. The molecule has 160 valence electrons. The molecular weight excluding hydrogens is 431 g/mol. The summed E-state index contributed by atoms with van der Waals surface area (Å²) in [7, 11) is -3.38. The SMILES string of the molecule is CCCS(=O)(=O)N1CCCC(C(=O)Nc2nc3ccc(OC(F)(F)F)cc3s2)C1. The van der Waals surface area contributed by atoms with Crippen LogP contribution in [0.4, 0.5) is 18.3 Å². The highest BCUT2D eigenvalue weighted by Crippen LogP contribution is 2.32. The summed E-state index contributed by atoms with van der Waals surface area (Å²) >= 11 is 1.02. The zero-order chi connectivity index (χ0) is 21.2. The number of aromatic nitrogens is 1. The lowest BCUT2D eigenvalue weighted by atomic mass is 9.99. The van der Waals surface area contributed by atoms with Crippen molar-refractivity contribution in [3.05, 3.63) is 18.2 Å². The van der Waals surface area contributed by atoms with Crippen molar-refractivity contribution >= 4 is 42.6 Å². The number of ether oxygens (including phenoxy) is 1. The molecule has 12 heteroatoms. The van der Waals surface area contributed by atoms with Crippen LogP contribution in [0.15, 0.2) is 18.2 Å². The number of alkyl halides is 3. The lowest BCUT2D eigenvalue weighted by Gasteiger charge is -2.30. The van der Waals surface area contributed by atoms with Crippen LogP contribution in [-0.4, -0.2) is 48.8 Å². The van der Waals surface area contributed by atoms with E-state index in [1.165, 1.54) is 16.4 Å². The van der Waals surface area contributed by atoms with Gasteiger partial charge in [-0.3, -0.25) is 4.79 Å². The van der Waals surface area contributed by atoms with E-state index in [1.54, 1.807) is 6.92 Å². The largest absolute Gasteiger partial charge is 0.573 e. The summed E-state index contributed by atoms with van der Waals surface area (Å²) in [6, 6.07) is 3.73. The van der Waals surface area contributed by atoms with E-state index in [0.29, 0.717) is 36.0 Å². The number of amides is 1. The molecule has 1 aromatic heterocycles. The number of piperidine rings is 1. The average Bonchev–Trinajstić information content (AvgIpc) is 3.02. The van der Waals surface area contributed by atoms with Gasteiger partial charge in [0, 0.05) is 19.2 Å². The quantitative estimate of drug-likeness (QED) is 0.725. The summed E-state index contributed by atoms with van der Waals surface area (Å²) in [6.45, 7) is 2.29. The molecule has 1 fully saturated rings. The third-order valence-corrected chi connectivity index (χ3v) is 7.41. The summed E-state index contributed by atoms with van der Waals surface area (Å²) in [5, 5.41) is 2.90. The van der Waals surface area contributed by atoms with Crippen LogP contribution in [0.1, 0.15) is 26.2 Å². The number of rotatable bonds is 6. The number of thiazole rings is 1. The Morgan fingerprint density at radius 1 is 1.41 bits per heavy atom. The van der Waals surface area contributed by atoms with Crippen LogP contribution >= 0.6 is 11.3 Å². The number of nitrogens with one attached hydrogen (secondary N) is 1. The molecule has 0 saturated carbocycles. The summed E-state index contributed by atoms with van der Waals surface area (Å²) in [5.41, 5.74) is 0.426. The molecule has 0 bridgehead atoms. The molecular formula is C17H20F3N3O4S2. The van der Waals surface area contributed by atoms with Gasteiger partial charge in [-0.25, -0.2) is 17.7 Å². The minimum Gasteiger partial charge on any atom is -0.406 e. The maximum absolute atomic E-state index is 12.6. The van der Waals surface area contributed by atoms with E-state index in [2.05, 4.69) is 15.0 Å². The highest BCUT2D eigenvalue weighted by atomic mass is 32.2. The lowest BCUT2D eigenvalue weighted by Crippen LogP contribution is -2.44. The molecule has 0 radical (unpaired) electrons. The van der Waals surface area contributed by atoms with Gasteiger partial charge >= 0.3 is 6.36 Å². The van der Waals surface area contributed by atoms with E-state index in [1.807, 2.05) is 0 Å².